The standard InChI is InChI=1S/C13H18ClN3O/c1-17(2)11-4-3-9(14)7-10(11)16-12(18)13(8-15)5-6-13/h3-4,7H,5-6,8,15H2,1-2H3,(H,16,18). The summed E-state index contributed by atoms with van der Waals surface area (Å²) in [7, 11) is 3.85. The fraction of sp³-hybridized carbons (Fsp3) is 0.462. The van der Waals surface area contributed by atoms with E-state index in [2.05, 4.69) is 5.32 Å². The number of nitrogens with zero attached hydrogens (tertiary/aromatic N) is 1. The van der Waals surface area contributed by atoms with Gasteiger partial charge in [-0.15, -0.1) is 0 Å². The van der Waals surface area contributed by atoms with E-state index in [4.69, 9.17) is 17.3 Å². The van der Waals surface area contributed by atoms with Crippen molar-refractivity contribution in [2.24, 2.45) is 11.1 Å². The van der Waals surface area contributed by atoms with Gasteiger partial charge in [0.1, 0.15) is 0 Å². The Kier molecular flexibility index (Phi) is 3.50. The van der Waals surface area contributed by atoms with Gasteiger partial charge in [0, 0.05) is 25.7 Å². The zero-order chi connectivity index (χ0) is 13.3. The molecule has 5 heteroatoms. The Bertz CT molecular complexity index is 469. The zero-order valence-corrected chi connectivity index (χ0v) is 11.4. The number of hydrogen-bond donors (Lipinski definition) is 2. The predicted octanol–water partition coefficient (Wildman–Crippen LogP) is 2.08. The second kappa shape index (κ2) is 4.78. The molecule has 0 aliphatic heterocycles. The Labute approximate surface area is 112 Å². The first kappa shape index (κ1) is 13.2. The maximum atomic E-state index is 12.2. The Hall–Kier alpha value is -1.26. The highest BCUT2D eigenvalue weighted by molar-refractivity contribution is 6.31. The monoisotopic (exact) mass is 267 g/mol. The number of benzene rings is 1. The van der Waals surface area contributed by atoms with E-state index >= 15 is 0 Å². The SMILES string of the molecule is CN(C)c1ccc(Cl)cc1NC(=O)C1(CN)CC1. The summed E-state index contributed by atoms with van der Waals surface area (Å²) in [6, 6.07) is 5.46. The average molecular weight is 268 g/mol. The van der Waals surface area contributed by atoms with Gasteiger partial charge in [0.15, 0.2) is 0 Å². The van der Waals surface area contributed by atoms with Crippen molar-refractivity contribution >= 4 is 28.9 Å². The van der Waals surface area contributed by atoms with Crippen LogP contribution in [0.15, 0.2) is 18.2 Å². The molecule has 1 fully saturated rings. The van der Waals surface area contributed by atoms with Gasteiger partial charge < -0.3 is 16.0 Å². The Morgan fingerprint density at radius 1 is 1.50 bits per heavy atom. The molecule has 4 nitrogen and oxygen atoms in total. The number of hydrogen-bond acceptors (Lipinski definition) is 3. The molecule has 1 aliphatic carbocycles. The lowest BCUT2D eigenvalue weighted by atomic mass is 10.1. The lowest BCUT2D eigenvalue weighted by Crippen LogP contribution is -2.31. The second-order valence-corrected chi connectivity index (χ2v) is 5.43. The van der Waals surface area contributed by atoms with Crippen molar-refractivity contribution < 1.29 is 4.79 Å². The predicted molar refractivity (Wildman–Crippen MR) is 75.1 cm³/mol. The quantitative estimate of drug-likeness (QED) is 0.878. The average Bonchev–Trinajstić information content (AvgIpc) is 3.09. The summed E-state index contributed by atoms with van der Waals surface area (Å²) in [6.07, 6.45) is 1.74. The molecule has 1 amide bonds. The van der Waals surface area contributed by atoms with Crippen LogP contribution in [0.5, 0.6) is 0 Å². The van der Waals surface area contributed by atoms with E-state index < -0.39 is 0 Å². The summed E-state index contributed by atoms with van der Waals surface area (Å²) in [4.78, 5) is 14.1. The van der Waals surface area contributed by atoms with Crippen molar-refractivity contribution in [1.29, 1.82) is 0 Å². The molecule has 0 unspecified atom stereocenters. The maximum absolute atomic E-state index is 12.2. The van der Waals surface area contributed by atoms with E-state index in [1.165, 1.54) is 0 Å². The van der Waals surface area contributed by atoms with Crippen molar-refractivity contribution in [3.63, 3.8) is 0 Å². The third-order valence-corrected chi connectivity index (χ3v) is 3.65. The summed E-state index contributed by atoms with van der Waals surface area (Å²) in [5, 5.41) is 3.55. The molecule has 98 valence electrons. The number of nitrogens with two attached hydrogens (primary N) is 1. The highest BCUT2D eigenvalue weighted by atomic mass is 35.5. The fourth-order valence-electron chi connectivity index (χ4n) is 1.93. The molecule has 3 N–H and O–H groups in total. The van der Waals surface area contributed by atoms with E-state index in [0.29, 0.717) is 11.6 Å². The molecule has 0 radical (unpaired) electrons. The van der Waals surface area contributed by atoms with Crippen LogP contribution in [0.1, 0.15) is 12.8 Å². The van der Waals surface area contributed by atoms with Crippen molar-refractivity contribution in [2.75, 3.05) is 30.9 Å². The van der Waals surface area contributed by atoms with Gasteiger partial charge in [-0.1, -0.05) is 11.6 Å². The Balaban J connectivity index is 2.23. The largest absolute Gasteiger partial charge is 0.376 e. The van der Waals surface area contributed by atoms with Gasteiger partial charge in [0.2, 0.25) is 5.91 Å². The maximum Gasteiger partial charge on any atom is 0.231 e. The van der Waals surface area contributed by atoms with Crippen LogP contribution in [-0.2, 0) is 4.79 Å². The molecule has 1 saturated carbocycles. The molecule has 0 bridgehead atoms. The number of anilines is 2. The molecule has 1 aliphatic rings. The normalized spacial score (nSPS) is 16.2. The first-order valence-corrected chi connectivity index (χ1v) is 6.35. The van der Waals surface area contributed by atoms with Crippen LogP contribution >= 0.6 is 11.6 Å². The number of halogens is 1. The van der Waals surface area contributed by atoms with Gasteiger partial charge in [0.25, 0.3) is 0 Å². The molecular formula is C13H18ClN3O. The van der Waals surface area contributed by atoms with Gasteiger partial charge in [-0.2, -0.15) is 0 Å². The van der Waals surface area contributed by atoms with E-state index in [-0.39, 0.29) is 11.3 Å². The van der Waals surface area contributed by atoms with Crippen LogP contribution < -0.4 is 16.0 Å². The third kappa shape index (κ3) is 2.44. The van der Waals surface area contributed by atoms with E-state index in [1.807, 2.05) is 31.1 Å². The summed E-state index contributed by atoms with van der Waals surface area (Å²) in [5.41, 5.74) is 6.96. The van der Waals surface area contributed by atoms with Crippen LogP contribution in [-0.4, -0.2) is 26.5 Å². The number of rotatable bonds is 4. The lowest BCUT2D eigenvalue weighted by Gasteiger charge is -2.20. The Morgan fingerprint density at radius 2 is 2.17 bits per heavy atom. The minimum absolute atomic E-state index is 0.00429. The smallest absolute Gasteiger partial charge is 0.231 e. The topological polar surface area (TPSA) is 58.4 Å². The highest BCUT2D eigenvalue weighted by Crippen LogP contribution is 2.45. The van der Waals surface area contributed by atoms with Crippen molar-refractivity contribution in [3.8, 4) is 0 Å². The molecule has 0 saturated heterocycles. The van der Waals surface area contributed by atoms with Crippen molar-refractivity contribution in [1.82, 2.24) is 0 Å². The van der Waals surface area contributed by atoms with Crippen molar-refractivity contribution in [2.45, 2.75) is 12.8 Å². The summed E-state index contributed by atoms with van der Waals surface area (Å²) >= 11 is 5.97. The van der Waals surface area contributed by atoms with Gasteiger partial charge in [-0.25, -0.2) is 0 Å². The van der Waals surface area contributed by atoms with E-state index in [1.54, 1.807) is 6.07 Å². The molecule has 0 spiro atoms. The molecule has 0 atom stereocenters. The summed E-state index contributed by atoms with van der Waals surface area (Å²) < 4.78 is 0. The fourth-order valence-corrected chi connectivity index (χ4v) is 2.10. The van der Waals surface area contributed by atoms with Crippen molar-refractivity contribution in [3.05, 3.63) is 23.2 Å². The van der Waals surface area contributed by atoms with Gasteiger partial charge in [-0.3, -0.25) is 4.79 Å². The molecule has 0 aromatic heterocycles. The minimum Gasteiger partial charge on any atom is -0.376 e. The minimum atomic E-state index is -0.355. The molecule has 18 heavy (non-hydrogen) atoms. The first-order chi connectivity index (χ1) is 8.48. The third-order valence-electron chi connectivity index (χ3n) is 3.41. The van der Waals surface area contributed by atoms with Crippen LogP contribution in [0.25, 0.3) is 0 Å². The van der Waals surface area contributed by atoms with E-state index in [0.717, 1.165) is 24.2 Å². The van der Waals surface area contributed by atoms with Crippen LogP contribution in [0.2, 0.25) is 5.02 Å². The number of amides is 1. The van der Waals surface area contributed by atoms with Gasteiger partial charge in [-0.05, 0) is 31.0 Å². The van der Waals surface area contributed by atoms with Crippen LogP contribution in [0.3, 0.4) is 0 Å². The Morgan fingerprint density at radius 3 is 2.67 bits per heavy atom. The number of nitrogens with one attached hydrogen (secondary N) is 1. The highest BCUT2D eigenvalue weighted by Gasteiger charge is 2.48. The molecule has 2 rings (SSSR count). The van der Waals surface area contributed by atoms with Gasteiger partial charge >= 0.3 is 0 Å². The second-order valence-electron chi connectivity index (χ2n) is 4.99. The van der Waals surface area contributed by atoms with Gasteiger partial charge in [0.05, 0.1) is 16.8 Å². The molecule has 1 aromatic rings. The van der Waals surface area contributed by atoms with Crippen LogP contribution in [0.4, 0.5) is 11.4 Å². The first-order valence-electron chi connectivity index (χ1n) is 5.97. The van der Waals surface area contributed by atoms with E-state index in [9.17, 15) is 4.79 Å². The molecule has 1 aromatic carbocycles. The zero-order valence-electron chi connectivity index (χ0n) is 10.7. The summed E-state index contributed by atoms with van der Waals surface area (Å²) in [6.45, 7) is 0.400. The number of carbonyl (C=O) groups is 1. The number of carbonyl (C=O) groups excluding carboxylic acids is 1. The summed E-state index contributed by atoms with van der Waals surface area (Å²) in [5.74, 6) is -0.00429. The van der Waals surface area contributed by atoms with Crippen LogP contribution in [0, 0.1) is 5.41 Å². The lowest BCUT2D eigenvalue weighted by molar-refractivity contribution is -0.120. The molecular weight excluding hydrogens is 250 g/mol. The molecule has 0 heterocycles.